The Kier molecular flexibility index (Phi) is 7.15. The lowest BCUT2D eigenvalue weighted by atomic mass is 9.97. The van der Waals surface area contributed by atoms with E-state index in [0.29, 0.717) is 28.3 Å². The van der Waals surface area contributed by atoms with E-state index in [9.17, 15) is 9.59 Å². The highest BCUT2D eigenvalue weighted by Crippen LogP contribution is 2.28. The molecule has 0 saturated carbocycles. The number of fused-ring (bicyclic) bond motifs is 1. The predicted molar refractivity (Wildman–Crippen MR) is 141 cm³/mol. The summed E-state index contributed by atoms with van der Waals surface area (Å²) in [5, 5.41) is 6.73. The summed E-state index contributed by atoms with van der Waals surface area (Å²) < 4.78 is 5.36. The molecular weight excluding hydrogens is 476 g/mol. The molecule has 0 bridgehead atoms. The van der Waals surface area contributed by atoms with Gasteiger partial charge in [0, 0.05) is 36.8 Å². The van der Waals surface area contributed by atoms with E-state index in [-0.39, 0.29) is 5.24 Å². The first kappa shape index (κ1) is 24.2. The van der Waals surface area contributed by atoms with Gasteiger partial charge in [-0.15, -0.1) is 0 Å². The number of aryl methyl sites for hydroxylation is 1. The van der Waals surface area contributed by atoms with Gasteiger partial charge in [-0.05, 0) is 67.8 Å². The average Bonchev–Trinajstić information content (AvgIpc) is 3.20. The van der Waals surface area contributed by atoms with Crippen molar-refractivity contribution in [1.29, 1.82) is 0 Å². The van der Waals surface area contributed by atoms with E-state index in [4.69, 9.17) is 4.74 Å². The van der Waals surface area contributed by atoms with Gasteiger partial charge in [0.05, 0.1) is 23.2 Å². The standard InChI is InChI=1S/C26H28N6O3S/c1-16-11-18(20-5-3-4-6-21(20)28-16)15-27-14-17-7-9-32(10-8-17)25-29-19(13-23(30-25)35-2)12-22-24(33)31-26(34)36-22/h3-6,11-13,17,27H,7-10,14-15H2,1-2H3,(H,31,33,34)/b22-12+. The molecule has 0 unspecified atom stereocenters. The Hall–Kier alpha value is -3.50. The van der Waals surface area contributed by atoms with Crippen LogP contribution in [0.15, 0.2) is 41.3 Å². The summed E-state index contributed by atoms with van der Waals surface area (Å²) in [7, 11) is 1.55. The third-order valence-corrected chi connectivity index (χ3v) is 7.23. The van der Waals surface area contributed by atoms with Crippen molar-refractivity contribution in [2.24, 2.45) is 5.92 Å². The molecule has 1 aromatic carbocycles. The van der Waals surface area contributed by atoms with E-state index in [1.54, 1.807) is 19.3 Å². The summed E-state index contributed by atoms with van der Waals surface area (Å²) in [5.41, 5.74) is 3.88. The molecule has 2 aliphatic rings. The number of hydrogen-bond donors (Lipinski definition) is 2. The summed E-state index contributed by atoms with van der Waals surface area (Å²) in [6, 6.07) is 12.1. The van der Waals surface area contributed by atoms with Gasteiger partial charge in [-0.25, -0.2) is 4.98 Å². The Morgan fingerprint density at radius 1 is 1.17 bits per heavy atom. The number of piperidine rings is 1. The summed E-state index contributed by atoms with van der Waals surface area (Å²) in [4.78, 5) is 39.6. The number of nitrogens with zero attached hydrogens (tertiary/aromatic N) is 4. The first-order valence-corrected chi connectivity index (χ1v) is 12.8. The largest absolute Gasteiger partial charge is 0.481 e. The van der Waals surface area contributed by atoms with Gasteiger partial charge >= 0.3 is 0 Å². The molecule has 2 N–H and O–H groups in total. The lowest BCUT2D eigenvalue weighted by Crippen LogP contribution is -2.38. The van der Waals surface area contributed by atoms with Gasteiger partial charge in [0.15, 0.2) is 0 Å². The molecule has 0 spiro atoms. The first-order valence-electron chi connectivity index (χ1n) is 12.0. The van der Waals surface area contributed by atoms with E-state index in [2.05, 4.69) is 54.8 Å². The minimum atomic E-state index is -0.410. The number of pyridine rings is 1. The number of para-hydroxylation sites is 1. The normalized spacial score (nSPS) is 17.7. The third-order valence-electron chi connectivity index (χ3n) is 6.42. The van der Waals surface area contributed by atoms with E-state index in [1.807, 2.05) is 13.0 Å². The number of benzene rings is 1. The molecule has 10 heteroatoms. The van der Waals surface area contributed by atoms with Crippen molar-refractivity contribution < 1.29 is 14.3 Å². The van der Waals surface area contributed by atoms with Crippen LogP contribution in [-0.2, 0) is 11.3 Å². The van der Waals surface area contributed by atoms with Crippen molar-refractivity contribution in [1.82, 2.24) is 25.6 Å². The lowest BCUT2D eigenvalue weighted by Gasteiger charge is -2.32. The Morgan fingerprint density at radius 3 is 2.72 bits per heavy atom. The van der Waals surface area contributed by atoms with Gasteiger partial charge in [0.25, 0.3) is 11.1 Å². The van der Waals surface area contributed by atoms with Crippen LogP contribution < -0.4 is 20.3 Å². The molecule has 4 heterocycles. The Labute approximate surface area is 213 Å². The Morgan fingerprint density at radius 2 is 1.97 bits per heavy atom. The van der Waals surface area contributed by atoms with Crippen LogP contribution in [0, 0.1) is 12.8 Å². The molecule has 3 aromatic rings. The number of hydrogen-bond acceptors (Lipinski definition) is 9. The van der Waals surface area contributed by atoms with Crippen molar-refractivity contribution in [3.63, 3.8) is 0 Å². The van der Waals surface area contributed by atoms with E-state index >= 15 is 0 Å². The molecule has 36 heavy (non-hydrogen) atoms. The van der Waals surface area contributed by atoms with Crippen molar-refractivity contribution in [2.45, 2.75) is 26.3 Å². The van der Waals surface area contributed by atoms with Crippen LogP contribution in [0.2, 0.25) is 0 Å². The van der Waals surface area contributed by atoms with Gasteiger partial charge in [0.1, 0.15) is 0 Å². The fourth-order valence-corrected chi connectivity index (χ4v) is 5.26. The summed E-state index contributed by atoms with van der Waals surface area (Å²) in [6.45, 7) is 5.46. The molecule has 0 aliphatic carbocycles. The second-order valence-corrected chi connectivity index (χ2v) is 10.0. The van der Waals surface area contributed by atoms with E-state index in [1.165, 1.54) is 10.9 Å². The number of imide groups is 1. The molecule has 2 aliphatic heterocycles. The van der Waals surface area contributed by atoms with Gasteiger partial charge in [-0.2, -0.15) is 4.98 Å². The monoisotopic (exact) mass is 504 g/mol. The number of anilines is 1. The van der Waals surface area contributed by atoms with Gasteiger partial charge < -0.3 is 15.0 Å². The zero-order valence-corrected chi connectivity index (χ0v) is 21.1. The smallest absolute Gasteiger partial charge is 0.290 e. The number of nitrogens with one attached hydrogen (secondary N) is 2. The minimum absolute atomic E-state index is 0.314. The molecule has 2 saturated heterocycles. The van der Waals surface area contributed by atoms with Crippen LogP contribution in [0.5, 0.6) is 5.88 Å². The van der Waals surface area contributed by atoms with Crippen molar-refractivity contribution >= 4 is 45.8 Å². The number of aromatic nitrogens is 3. The molecule has 0 atom stereocenters. The number of rotatable bonds is 7. The molecule has 2 aromatic heterocycles. The SMILES string of the molecule is COc1cc(/C=C2/SC(=O)NC2=O)nc(N2CCC(CNCc3cc(C)nc4ccccc34)CC2)n1. The minimum Gasteiger partial charge on any atom is -0.481 e. The fourth-order valence-electron chi connectivity index (χ4n) is 4.59. The maximum absolute atomic E-state index is 11.9. The lowest BCUT2D eigenvalue weighted by molar-refractivity contribution is -0.115. The third kappa shape index (κ3) is 5.50. The van der Waals surface area contributed by atoms with Crippen LogP contribution in [0.25, 0.3) is 17.0 Å². The Balaban J connectivity index is 1.19. The second kappa shape index (κ2) is 10.6. The fraction of sp³-hybridized carbons (Fsp3) is 0.346. The van der Waals surface area contributed by atoms with Gasteiger partial charge in [0.2, 0.25) is 11.8 Å². The maximum atomic E-state index is 11.9. The van der Waals surface area contributed by atoms with Crippen molar-refractivity contribution in [2.75, 3.05) is 31.6 Å². The maximum Gasteiger partial charge on any atom is 0.290 e. The molecule has 2 fully saturated rings. The number of thioether (sulfide) groups is 1. The van der Waals surface area contributed by atoms with Crippen molar-refractivity contribution in [3.05, 3.63) is 58.3 Å². The number of amides is 2. The molecular formula is C26H28N6O3S. The summed E-state index contributed by atoms with van der Waals surface area (Å²) in [6.07, 6.45) is 3.64. The molecule has 5 rings (SSSR count). The van der Waals surface area contributed by atoms with Crippen LogP contribution in [0.3, 0.4) is 0 Å². The van der Waals surface area contributed by atoms with E-state index < -0.39 is 5.91 Å². The van der Waals surface area contributed by atoms with Crippen LogP contribution >= 0.6 is 11.8 Å². The number of carbonyl (C=O) groups excluding carboxylic acids is 2. The first-order chi connectivity index (χ1) is 17.5. The van der Waals surface area contributed by atoms with Crippen LogP contribution in [0.4, 0.5) is 10.7 Å². The second-order valence-electron chi connectivity index (χ2n) is 8.99. The van der Waals surface area contributed by atoms with Crippen LogP contribution in [0.1, 0.15) is 29.8 Å². The van der Waals surface area contributed by atoms with Crippen LogP contribution in [-0.4, -0.2) is 52.8 Å². The quantitative estimate of drug-likeness (QED) is 0.466. The highest BCUT2D eigenvalue weighted by molar-refractivity contribution is 8.18. The summed E-state index contributed by atoms with van der Waals surface area (Å²) >= 11 is 0.867. The average molecular weight is 505 g/mol. The molecule has 9 nitrogen and oxygen atoms in total. The molecule has 0 radical (unpaired) electrons. The Bertz CT molecular complexity index is 1340. The topological polar surface area (TPSA) is 109 Å². The zero-order valence-electron chi connectivity index (χ0n) is 20.3. The zero-order chi connectivity index (χ0) is 25.1. The van der Waals surface area contributed by atoms with Gasteiger partial charge in [-0.3, -0.25) is 19.9 Å². The predicted octanol–water partition coefficient (Wildman–Crippen LogP) is 3.67. The molecule has 186 valence electrons. The number of methoxy groups -OCH3 is 1. The number of ether oxygens (including phenoxy) is 1. The van der Waals surface area contributed by atoms with Crippen molar-refractivity contribution in [3.8, 4) is 5.88 Å². The van der Waals surface area contributed by atoms with E-state index in [0.717, 1.165) is 62.0 Å². The molecule has 2 amide bonds. The van der Waals surface area contributed by atoms with Gasteiger partial charge in [-0.1, -0.05) is 18.2 Å². The number of carbonyl (C=O) groups is 2. The highest BCUT2D eigenvalue weighted by atomic mass is 32.2. The summed E-state index contributed by atoms with van der Waals surface area (Å²) in [5.74, 6) is 1.14. The highest BCUT2D eigenvalue weighted by Gasteiger charge is 2.26.